The Morgan fingerprint density at radius 2 is 2.00 bits per heavy atom. The summed E-state index contributed by atoms with van der Waals surface area (Å²) in [6.07, 6.45) is 0. The van der Waals surface area contributed by atoms with E-state index in [1.165, 1.54) is 0 Å². The fraction of sp³-hybridized carbons (Fsp3) is 0.455. The summed E-state index contributed by atoms with van der Waals surface area (Å²) in [5.41, 5.74) is 1.09. The van der Waals surface area contributed by atoms with Crippen molar-refractivity contribution >= 4 is 0 Å². The van der Waals surface area contributed by atoms with Crippen LogP contribution < -0.4 is 20.1 Å². The number of nitrogens with one attached hydrogen (secondary N) is 2. The molecule has 0 saturated carbocycles. The van der Waals surface area contributed by atoms with Crippen LogP contribution in [0.4, 0.5) is 0 Å². The monoisotopic (exact) mass is 210 g/mol. The molecule has 0 unspecified atom stereocenters. The van der Waals surface area contributed by atoms with Gasteiger partial charge in [0, 0.05) is 18.8 Å². The van der Waals surface area contributed by atoms with Crippen molar-refractivity contribution in [1.29, 1.82) is 0 Å². The summed E-state index contributed by atoms with van der Waals surface area (Å²) >= 11 is 0. The molecular weight excluding hydrogens is 192 g/mol. The molecule has 1 rings (SSSR count). The molecule has 0 aliphatic heterocycles. The molecule has 4 heteroatoms. The van der Waals surface area contributed by atoms with Crippen molar-refractivity contribution < 1.29 is 9.47 Å². The van der Waals surface area contributed by atoms with Crippen LogP contribution in [0.5, 0.6) is 11.5 Å². The van der Waals surface area contributed by atoms with Gasteiger partial charge in [0.05, 0.1) is 14.2 Å². The summed E-state index contributed by atoms with van der Waals surface area (Å²) in [5, 5.41) is 6.25. The summed E-state index contributed by atoms with van der Waals surface area (Å²) in [7, 11) is 5.23. The van der Waals surface area contributed by atoms with Crippen LogP contribution in [0, 0.1) is 0 Å². The van der Waals surface area contributed by atoms with Crippen molar-refractivity contribution in [2.75, 3.05) is 27.9 Å². The fourth-order valence-corrected chi connectivity index (χ4v) is 1.34. The highest BCUT2D eigenvalue weighted by atomic mass is 16.5. The molecule has 84 valence electrons. The smallest absolute Gasteiger partial charge is 0.123 e. The number of hydrogen-bond acceptors (Lipinski definition) is 4. The van der Waals surface area contributed by atoms with Gasteiger partial charge in [-0.3, -0.25) is 0 Å². The maximum Gasteiger partial charge on any atom is 0.123 e. The van der Waals surface area contributed by atoms with Gasteiger partial charge < -0.3 is 20.1 Å². The number of rotatable bonds is 6. The molecule has 0 spiro atoms. The quantitative estimate of drug-likeness (QED) is 0.542. The van der Waals surface area contributed by atoms with Crippen LogP contribution in [-0.2, 0) is 6.54 Å². The topological polar surface area (TPSA) is 42.5 Å². The van der Waals surface area contributed by atoms with Crippen LogP contribution in [0.3, 0.4) is 0 Å². The molecule has 0 aliphatic rings. The van der Waals surface area contributed by atoms with Gasteiger partial charge in [0.15, 0.2) is 0 Å². The first-order valence-electron chi connectivity index (χ1n) is 4.88. The molecule has 0 saturated heterocycles. The molecule has 2 N–H and O–H groups in total. The molecule has 0 atom stereocenters. The first-order chi connectivity index (χ1) is 7.31. The zero-order valence-corrected chi connectivity index (χ0v) is 9.46. The van der Waals surface area contributed by atoms with Gasteiger partial charge in [-0.15, -0.1) is 0 Å². The second kappa shape index (κ2) is 6.27. The summed E-state index contributed by atoms with van der Waals surface area (Å²) in [5.74, 6) is 1.72. The lowest BCUT2D eigenvalue weighted by Crippen LogP contribution is -2.25. The van der Waals surface area contributed by atoms with Gasteiger partial charge in [-0.2, -0.15) is 0 Å². The molecule has 0 aliphatic carbocycles. The predicted molar refractivity (Wildman–Crippen MR) is 60.3 cm³/mol. The van der Waals surface area contributed by atoms with Crippen LogP contribution >= 0.6 is 0 Å². The maximum atomic E-state index is 5.26. The standard InChI is InChI=1S/C11H18N2O2/c1-12-8-13-7-9-6-10(14-2)4-5-11(9)15-3/h4-6,12-13H,7-8H2,1-3H3. The van der Waals surface area contributed by atoms with Crippen molar-refractivity contribution in [2.45, 2.75) is 6.54 Å². The van der Waals surface area contributed by atoms with Gasteiger partial charge in [-0.05, 0) is 25.2 Å². The SMILES string of the molecule is CNCNCc1cc(OC)ccc1OC. The second-order valence-corrected chi connectivity index (χ2v) is 3.13. The molecule has 0 bridgehead atoms. The molecular formula is C11H18N2O2. The highest BCUT2D eigenvalue weighted by Gasteiger charge is 2.03. The van der Waals surface area contributed by atoms with E-state index >= 15 is 0 Å². The van der Waals surface area contributed by atoms with Crippen LogP contribution in [0.1, 0.15) is 5.56 Å². The van der Waals surface area contributed by atoms with Gasteiger partial charge in [-0.25, -0.2) is 0 Å². The molecule has 0 radical (unpaired) electrons. The first-order valence-corrected chi connectivity index (χ1v) is 4.88. The number of methoxy groups -OCH3 is 2. The lowest BCUT2D eigenvalue weighted by atomic mass is 10.2. The minimum Gasteiger partial charge on any atom is -0.497 e. The highest BCUT2D eigenvalue weighted by molar-refractivity contribution is 5.40. The molecule has 15 heavy (non-hydrogen) atoms. The Morgan fingerprint density at radius 3 is 2.60 bits per heavy atom. The normalized spacial score (nSPS) is 10.1. The largest absolute Gasteiger partial charge is 0.497 e. The summed E-state index contributed by atoms with van der Waals surface area (Å²) in [6, 6.07) is 5.77. The average molecular weight is 210 g/mol. The van der Waals surface area contributed by atoms with Crippen molar-refractivity contribution in [3.8, 4) is 11.5 Å². The fourth-order valence-electron chi connectivity index (χ4n) is 1.34. The van der Waals surface area contributed by atoms with Gasteiger partial charge in [0.1, 0.15) is 11.5 Å². The minimum absolute atomic E-state index is 0.751. The number of ether oxygens (including phenoxy) is 2. The van der Waals surface area contributed by atoms with E-state index in [4.69, 9.17) is 9.47 Å². The number of hydrogen-bond donors (Lipinski definition) is 2. The van der Waals surface area contributed by atoms with E-state index in [0.29, 0.717) is 0 Å². The predicted octanol–water partition coefficient (Wildman–Crippen LogP) is 0.970. The van der Waals surface area contributed by atoms with Crippen molar-refractivity contribution in [2.24, 2.45) is 0 Å². The zero-order chi connectivity index (χ0) is 11.1. The van der Waals surface area contributed by atoms with Crippen LogP contribution in [0.25, 0.3) is 0 Å². The average Bonchev–Trinajstić information content (AvgIpc) is 2.29. The van der Waals surface area contributed by atoms with Crippen LogP contribution in [0.15, 0.2) is 18.2 Å². The Morgan fingerprint density at radius 1 is 1.20 bits per heavy atom. The Bertz CT molecular complexity index is 303. The summed E-state index contributed by atoms with van der Waals surface area (Å²) in [4.78, 5) is 0. The van der Waals surface area contributed by atoms with Crippen molar-refractivity contribution in [3.63, 3.8) is 0 Å². The van der Waals surface area contributed by atoms with Gasteiger partial charge in [0.2, 0.25) is 0 Å². The third-order valence-corrected chi connectivity index (χ3v) is 2.10. The summed E-state index contributed by atoms with van der Waals surface area (Å²) in [6.45, 7) is 1.52. The zero-order valence-electron chi connectivity index (χ0n) is 9.46. The molecule has 0 heterocycles. The van der Waals surface area contributed by atoms with E-state index in [-0.39, 0.29) is 0 Å². The molecule has 0 amide bonds. The first kappa shape index (κ1) is 11.8. The van der Waals surface area contributed by atoms with Crippen molar-refractivity contribution in [1.82, 2.24) is 10.6 Å². The van der Waals surface area contributed by atoms with E-state index < -0.39 is 0 Å². The van der Waals surface area contributed by atoms with Gasteiger partial charge in [0.25, 0.3) is 0 Å². The van der Waals surface area contributed by atoms with Gasteiger partial charge >= 0.3 is 0 Å². The van der Waals surface area contributed by atoms with E-state index in [0.717, 1.165) is 30.3 Å². The molecule has 1 aromatic carbocycles. The van der Waals surface area contributed by atoms with Crippen molar-refractivity contribution in [3.05, 3.63) is 23.8 Å². The third-order valence-electron chi connectivity index (χ3n) is 2.10. The van der Waals surface area contributed by atoms with E-state index in [1.54, 1.807) is 14.2 Å². The summed E-state index contributed by atoms with van der Waals surface area (Å²) < 4.78 is 10.4. The molecule has 1 aromatic rings. The Kier molecular flexibility index (Phi) is 4.93. The number of benzene rings is 1. The molecule has 4 nitrogen and oxygen atoms in total. The molecule has 0 aromatic heterocycles. The van der Waals surface area contributed by atoms with Crippen LogP contribution in [-0.4, -0.2) is 27.9 Å². The minimum atomic E-state index is 0.751. The lowest BCUT2D eigenvalue weighted by molar-refractivity contribution is 0.397. The van der Waals surface area contributed by atoms with Crippen LogP contribution in [0.2, 0.25) is 0 Å². The Hall–Kier alpha value is -1.26. The second-order valence-electron chi connectivity index (χ2n) is 3.13. The Labute approximate surface area is 90.6 Å². The van der Waals surface area contributed by atoms with E-state index in [2.05, 4.69) is 10.6 Å². The third kappa shape index (κ3) is 3.42. The molecule has 0 fully saturated rings. The lowest BCUT2D eigenvalue weighted by Gasteiger charge is -2.11. The maximum absolute atomic E-state index is 5.26. The highest BCUT2D eigenvalue weighted by Crippen LogP contribution is 2.23. The van der Waals surface area contributed by atoms with E-state index in [1.807, 2.05) is 25.2 Å². The van der Waals surface area contributed by atoms with Gasteiger partial charge in [-0.1, -0.05) is 0 Å². The van der Waals surface area contributed by atoms with E-state index in [9.17, 15) is 0 Å². The Balaban J connectivity index is 2.72.